The Morgan fingerprint density at radius 3 is 2.33 bits per heavy atom. The van der Waals surface area contributed by atoms with Crippen molar-refractivity contribution in [1.82, 2.24) is 0 Å². The first kappa shape index (κ1) is 12.7. The van der Waals surface area contributed by atoms with Gasteiger partial charge in [-0.15, -0.1) is 0 Å². The number of carbonyl (C=O) groups excluding carboxylic acids is 1. The summed E-state index contributed by atoms with van der Waals surface area (Å²) in [6, 6.07) is 7.58. The number of primary amides is 1. The Hall–Kier alpha value is -1.71. The monoisotopic (exact) mass is 248 g/mol. The summed E-state index contributed by atoms with van der Waals surface area (Å²) < 4.78 is 5.11. The maximum atomic E-state index is 11.7. The third kappa shape index (κ3) is 2.58. The van der Waals surface area contributed by atoms with Crippen LogP contribution in [0.4, 0.5) is 5.69 Å². The Morgan fingerprint density at radius 2 is 1.83 bits per heavy atom. The van der Waals surface area contributed by atoms with Gasteiger partial charge in [0.1, 0.15) is 11.3 Å². The molecule has 0 aliphatic heterocycles. The molecule has 1 amide bonds. The molecule has 18 heavy (non-hydrogen) atoms. The minimum Gasteiger partial charge on any atom is -0.497 e. The third-order valence-electron chi connectivity index (χ3n) is 3.65. The molecular weight excluding hydrogens is 228 g/mol. The first-order chi connectivity index (χ1) is 8.66. The van der Waals surface area contributed by atoms with E-state index < -0.39 is 5.54 Å². The number of nitrogens with one attached hydrogen (secondary N) is 1. The van der Waals surface area contributed by atoms with Gasteiger partial charge in [0.2, 0.25) is 5.91 Å². The lowest BCUT2D eigenvalue weighted by Gasteiger charge is -2.36. The average molecular weight is 248 g/mol. The second kappa shape index (κ2) is 5.29. The molecule has 3 N–H and O–H groups in total. The van der Waals surface area contributed by atoms with E-state index in [0.717, 1.165) is 37.1 Å². The Balaban J connectivity index is 2.15. The number of nitrogens with two attached hydrogens (primary N) is 1. The van der Waals surface area contributed by atoms with Crippen LogP contribution in [-0.4, -0.2) is 18.6 Å². The first-order valence-electron chi connectivity index (χ1n) is 6.38. The normalized spacial score (nSPS) is 18.1. The topological polar surface area (TPSA) is 64.3 Å². The summed E-state index contributed by atoms with van der Waals surface area (Å²) in [4.78, 5) is 11.7. The lowest BCUT2D eigenvalue weighted by Crippen LogP contribution is -2.51. The molecule has 0 atom stereocenters. The van der Waals surface area contributed by atoms with E-state index in [1.807, 2.05) is 24.3 Å². The molecular formula is C14H20N2O2. The molecule has 0 spiro atoms. The summed E-state index contributed by atoms with van der Waals surface area (Å²) in [6.07, 6.45) is 4.90. The molecule has 2 rings (SSSR count). The van der Waals surface area contributed by atoms with Crippen LogP contribution in [0, 0.1) is 0 Å². The van der Waals surface area contributed by atoms with Crippen LogP contribution in [0.3, 0.4) is 0 Å². The Morgan fingerprint density at radius 1 is 1.22 bits per heavy atom. The summed E-state index contributed by atoms with van der Waals surface area (Å²) in [5.41, 5.74) is 5.92. The smallest absolute Gasteiger partial charge is 0.243 e. The van der Waals surface area contributed by atoms with Gasteiger partial charge in [-0.1, -0.05) is 19.3 Å². The highest BCUT2D eigenvalue weighted by Gasteiger charge is 2.37. The number of benzene rings is 1. The molecule has 0 aromatic heterocycles. The number of ether oxygens (including phenoxy) is 1. The minimum absolute atomic E-state index is 0.252. The zero-order chi connectivity index (χ0) is 13.0. The molecule has 98 valence electrons. The predicted molar refractivity (Wildman–Crippen MR) is 71.6 cm³/mol. The number of hydrogen-bond donors (Lipinski definition) is 2. The van der Waals surface area contributed by atoms with Gasteiger partial charge in [-0.3, -0.25) is 4.79 Å². The van der Waals surface area contributed by atoms with Gasteiger partial charge >= 0.3 is 0 Å². The van der Waals surface area contributed by atoms with E-state index in [1.54, 1.807) is 7.11 Å². The summed E-state index contributed by atoms with van der Waals surface area (Å²) in [6.45, 7) is 0. The number of anilines is 1. The molecule has 0 bridgehead atoms. The predicted octanol–water partition coefficient (Wildman–Crippen LogP) is 2.30. The fourth-order valence-electron chi connectivity index (χ4n) is 2.54. The molecule has 1 aliphatic rings. The fourth-order valence-corrected chi connectivity index (χ4v) is 2.54. The van der Waals surface area contributed by atoms with Gasteiger partial charge in [-0.2, -0.15) is 0 Å². The van der Waals surface area contributed by atoms with Crippen molar-refractivity contribution in [2.24, 2.45) is 5.73 Å². The molecule has 4 nitrogen and oxygen atoms in total. The van der Waals surface area contributed by atoms with E-state index in [9.17, 15) is 4.79 Å². The van der Waals surface area contributed by atoms with Gasteiger partial charge in [0.05, 0.1) is 7.11 Å². The van der Waals surface area contributed by atoms with Crippen molar-refractivity contribution < 1.29 is 9.53 Å². The molecule has 0 saturated heterocycles. The van der Waals surface area contributed by atoms with E-state index in [2.05, 4.69) is 5.32 Å². The number of hydrogen-bond acceptors (Lipinski definition) is 3. The van der Waals surface area contributed by atoms with Crippen molar-refractivity contribution in [2.45, 2.75) is 37.6 Å². The van der Waals surface area contributed by atoms with Crippen molar-refractivity contribution >= 4 is 11.6 Å². The lowest BCUT2D eigenvalue weighted by atomic mass is 9.81. The number of carbonyl (C=O) groups is 1. The van der Waals surface area contributed by atoms with Crippen molar-refractivity contribution in [2.75, 3.05) is 12.4 Å². The van der Waals surface area contributed by atoms with Gasteiger partial charge in [0.25, 0.3) is 0 Å². The van der Waals surface area contributed by atoms with Gasteiger partial charge in [0.15, 0.2) is 0 Å². The molecule has 1 aliphatic carbocycles. The lowest BCUT2D eigenvalue weighted by molar-refractivity contribution is -0.123. The van der Waals surface area contributed by atoms with Crippen LogP contribution in [0.15, 0.2) is 24.3 Å². The third-order valence-corrected chi connectivity index (χ3v) is 3.65. The minimum atomic E-state index is -0.577. The van der Waals surface area contributed by atoms with E-state index in [1.165, 1.54) is 6.42 Å². The van der Waals surface area contributed by atoms with Crippen LogP contribution >= 0.6 is 0 Å². The van der Waals surface area contributed by atoms with Crippen molar-refractivity contribution in [1.29, 1.82) is 0 Å². The van der Waals surface area contributed by atoms with Crippen LogP contribution in [0.5, 0.6) is 5.75 Å². The molecule has 0 radical (unpaired) electrons. The fraction of sp³-hybridized carbons (Fsp3) is 0.500. The van der Waals surface area contributed by atoms with Gasteiger partial charge < -0.3 is 15.8 Å². The van der Waals surface area contributed by atoms with Crippen LogP contribution < -0.4 is 15.8 Å². The summed E-state index contributed by atoms with van der Waals surface area (Å²) in [5, 5.41) is 3.32. The van der Waals surface area contributed by atoms with Crippen molar-refractivity contribution in [3.63, 3.8) is 0 Å². The molecule has 1 fully saturated rings. The molecule has 0 heterocycles. The number of rotatable bonds is 4. The van der Waals surface area contributed by atoms with E-state index in [0.29, 0.717) is 0 Å². The molecule has 1 aromatic rings. The van der Waals surface area contributed by atoms with E-state index in [4.69, 9.17) is 10.5 Å². The molecule has 1 saturated carbocycles. The van der Waals surface area contributed by atoms with Crippen LogP contribution in [0.25, 0.3) is 0 Å². The zero-order valence-electron chi connectivity index (χ0n) is 10.7. The number of methoxy groups -OCH3 is 1. The van der Waals surface area contributed by atoms with Crippen molar-refractivity contribution in [3.8, 4) is 5.75 Å². The summed E-state index contributed by atoms with van der Waals surface area (Å²) in [5.74, 6) is 0.551. The highest BCUT2D eigenvalue weighted by molar-refractivity contribution is 5.88. The maximum Gasteiger partial charge on any atom is 0.243 e. The zero-order valence-corrected chi connectivity index (χ0v) is 10.7. The highest BCUT2D eigenvalue weighted by atomic mass is 16.5. The van der Waals surface area contributed by atoms with E-state index in [-0.39, 0.29) is 5.91 Å². The standard InChI is InChI=1S/C14H20N2O2/c1-18-12-7-5-11(6-8-12)16-14(13(15)17)9-3-2-4-10-14/h5-8,16H,2-4,9-10H2,1H3,(H2,15,17). The van der Waals surface area contributed by atoms with Crippen LogP contribution in [-0.2, 0) is 4.79 Å². The second-order valence-electron chi connectivity index (χ2n) is 4.86. The Kier molecular flexibility index (Phi) is 3.75. The highest BCUT2D eigenvalue weighted by Crippen LogP contribution is 2.32. The van der Waals surface area contributed by atoms with Gasteiger partial charge in [-0.25, -0.2) is 0 Å². The number of amides is 1. The largest absolute Gasteiger partial charge is 0.497 e. The van der Waals surface area contributed by atoms with Crippen molar-refractivity contribution in [3.05, 3.63) is 24.3 Å². The Bertz CT molecular complexity index is 408. The maximum absolute atomic E-state index is 11.7. The Labute approximate surface area is 108 Å². The first-order valence-corrected chi connectivity index (χ1v) is 6.38. The van der Waals surface area contributed by atoms with E-state index >= 15 is 0 Å². The molecule has 0 unspecified atom stereocenters. The quantitative estimate of drug-likeness (QED) is 0.859. The SMILES string of the molecule is COc1ccc(NC2(C(N)=O)CCCCC2)cc1. The van der Waals surface area contributed by atoms with Gasteiger partial charge in [-0.05, 0) is 37.1 Å². The van der Waals surface area contributed by atoms with Gasteiger partial charge in [0, 0.05) is 5.69 Å². The molecule has 4 heteroatoms. The summed E-state index contributed by atoms with van der Waals surface area (Å²) >= 11 is 0. The molecule has 1 aromatic carbocycles. The second-order valence-corrected chi connectivity index (χ2v) is 4.86. The summed E-state index contributed by atoms with van der Waals surface area (Å²) in [7, 11) is 1.63. The average Bonchev–Trinajstić information content (AvgIpc) is 2.40. The van der Waals surface area contributed by atoms with Crippen LogP contribution in [0.1, 0.15) is 32.1 Å². The van der Waals surface area contributed by atoms with Crippen LogP contribution in [0.2, 0.25) is 0 Å².